The largest absolute Gasteiger partial charge is 0.444 e. The summed E-state index contributed by atoms with van der Waals surface area (Å²) in [6.45, 7) is 15.4. The third-order valence-electron chi connectivity index (χ3n) is 3.86. The molecule has 0 aromatic heterocycles. The van der Waals surface area contributed by atoms with Crippen molar-refractivity contribution in [1.29, 1.82) is 0 Å². The highest BCUT2D eigenvalue weighted by atomic mass is 16.6. The second kappa shape index (κ2) is 6.99. The average molecular weight is 298 g/mol. The van der Waals surface area contributed by atoms with Gasteiger partial charge in [-0.3, -0.25) is 0 Å². The lowest BCUT2D eigenvalue weighted by Crippen LogP contribution is -2.48. The van der Waals surface area contributed by atoms with E-state index in [1.54, 1.807) is 0 Å². The Morgan fingerprint density at radius 2 is 1.95 bits per heavy atom. The Labute approximate surface area is 130 Å². The van der Waals surface area contributed by atoms with Crippen LogP contribution in [0.4, 0.5) is 4.79 Å². The molecule has 1 rings (SSSR count). The van der Waals surface area contributed by atoms with Crippen LogP contribution < -0.4 is 10.6 Å². The van der Waals surface area contributed by atoms with E-state index >= 15 is 0 Å². The van der Waals surface area contributed by atoms with E-state index in [-0.39, 0.29) is 12.1 Å². The first-order valence-corrected chi connectivity index (χ1v) is 8.20. The molecule has 1 saturated carbocycles. The van der Waals surface area contributed by atoms with Gasteiger partial charge < -0.3 is 15.4 Å². The number of amides is 1. The Balaban J connectivity index is 2.33. The molecule has 1 aliphatic rings. The lowest BCUT2D eigenvalue weighted by atomic mass is 9.70. The molecule has 3 unspecified atom stereocenters. The van der Waals surface area contributed by atoms with Gasteiger partial charge >= 0.3 is 6.09 Å². The number of carbonyl (C=O) groups is 1. The van der Waals surface area contributed by atoms with Gasteiger partial charge in [0.25, 0.3) is 0 Å². The van der Waals surface area contributed by atoms with Crippen molar-refractivity contribution < 1.29 is 9.53 Å². The Kier molecular flexibility index (Phi) is 6.09. The molecule has 0 aliphatic heterocycles. The molecule has 0 aromatic rings. The summed E-state index contributed by atoms with van der Waals surface area (Å²) in [6, 6.07) is 0.794. The van der Waals surface area contributed by atoms with Gasteiger partial charge in [0.15, 0.2) is 0 Å². The molecule has 1 fully saturated rings. The number of rotatable bonds is 4. The van der Waals surface area contributed by atoms with Crippen LogP contribution in [0, 0.1) is 11.3 Å². The summed E-state index contributed by atoms with van der Waals surface area (Å²) >= 11 is 0. The van der Waals surface area contributed by atoms with E-state index < -0.39 is 5.60 Å². The van der Waals surface area contributed by atoms with Crippen LogP contribution in [0.5, 0.6) is 0 Å². The summed E-state index contributed by atoms with van der Waals surface area (Å²) < 4.78 is 5.25. The summed E-state index contributed by atoms with van der Waals surface area (Å²) in [7, 11) is 0. The molecule has 0 heterocycles. The van der Waals surface area contributed by atoms with Gasteiger partial charge in [0.1, 0.15) is 5.60 Å². The molecule has 2 N–H and O–H groups in total. The molecule has 124 valence electrons. The molecule has 4 nitrogen and oxygen atoms in total. The molecule has 21 heavy (non-hydrogen) atoms. The third-order valence-corrected chi connectivity index (χ3v) is 3.86. The Bertz CT molecular complexity index is 347. The molecular weight excluding hydrogens is 264 g/mol. The molecule has 0 aromatic carbocycles. The topological polar surface area (TPSA) is 50.4 Å². The van der Waals surface area contributed by atoms with Crippen LogP contribution in [0.15, 0.2) is 0 Å². The van der Waals surface area contributed by atoms with E-state index in [1.165, 1.54) is 19.3 Å². The lowest BCUT2D eigenvalue weighted by Gasteiger charge is -2.40. The minimum Gasteiger partial charge on any atom is -0.444 e. The standard InChI is InChI=1S/C17H34N2O2/c1-12-8-14(10-17(6,7)9-12)19-13(2)11-18-15(20)21-16(3,4)5/h12-14,19H,8-11H2,1-7H3,(H,18,20). The zero-order valence-corrected chi connectivity index (χ0v) is 14.9. The van der Waals surface area contributed by atoms with Crippen molar-refractivity contribution in [1.82, 2.24) is 10.6 Å². The molecule has 0 saturated heterocycles. The maximum absolute atomic E-state index is 11.6. The fourth-order valence-electron chi connectivity index (χ4n) is 3.48. The molecule has 1 amide bonds. The van der Waals surface area contributed by atoms with Crippen molar-refractivity contribution in [3.05, 3.63) is 0 Å². The Morgan fingerprint density at radius 3 is 2.48 bits per heavy atom. The monoisotopic (exact) mass is 298 g/mol. The van der Waals surface area contributed by atoms with Crippen molar-refractivity contribution in [2.45, 2.75) is 85.4 Å². The van der Waals surface area contributed by atoms with Gasteiger partial charge in [-0.1, -0.05) is 20.8 Å². The van der Waals surface area contributed by atoms with Crippen LogP contribution in [-0.2, 0) is 4.74 Å². The fourth-order valence-corrected chi connectivity index (χ4v) is 3.48. The van der Waals surface area contributed by atoms with Crippen LogP contribution in [0.2, 0.25) is 0 Å². The van der Waals surface area contributed by atoms with Crippen LogP contribution >= 0.6 is 0 Å². The van der Waals surface area contributed by atoms with Gasteiger partial charge in [0, 0.05) is 18.6 Å². The second-order valence-corrected chi connectivity index (χ2v) is 8.56. The third kappa shape index (κ3) is 7.70. The molecule has 4 heteroatoms. The van der Waals surface area contributed by atoms with Gasteiger partial charge in [0.2, 0.25) is 0 Å². The summed E-state index contributed by atoms with van der Waals surface area (Å²) in [5, 5.41) is 6.49. The molecule has 0 radical (unpaired) electrons. The molecular formula is C17H34N2O2. The zero-order chi connectivity index (χ0) is 16.3. The van der Waals surface area contributed by atoms with Crippen molar-refractivity contribution in [3.8, 4) is 0 Å². The minimum absolute atomic E-state index is 0.253. The molecule has 0 spiro atoms. The van der Waals surface area contributed by atoms with Gasteiger partial charge in [-0.25, -0.2) is 4.79 Å². The van der Waals surface area contributed by atoms with E-state index in [9.17, 15) is 4.79 Å². The number of hydrogen-bond acceptors (Lipinski definition) is 3. The average Bonchev–Trinajstić information content (AvgIpc) is 2.20. The predicted molar refractivity (Wildman–Crippen MR) is 87.4 cm³/mol. The fraction of sp³-hybridized carbons (Fsp3) is 0.941. The normalized spacial score (nSPS) is 27.0. The van der Waals surface area contributed by atoms with Gasteiger partial charge in [-0.2, -0.15) is 0 Å². The summed E-state index contributed by atoms with van der Waals surface area (Å²) in [5.41, 5.74) is -0.0305. The van der Waals surface area contributed by atoms with Crippen molar-refractivity contribution in [2.75, 3.05) is 6.54 Å². The number of alkyl carbamates (subject to hydrolysis) is 1. The number of ether oxygens (including phenoxy) is 1. The minimum atomic E-state index is -0.441. The summed E-state index contributed by atoms with van der Waals surface area (Å²) in [4.78, 5) is 11.6. The SMILES string of the molecule is CC1CC(NC(C)CNC(=O)OC(C)(C)C)CC(C)(C)C1. The highest BCUT2D eigenvalue weighted by Gasteiger charge is 2.32. The van der Waals surface area contributed by atoms with Crippen molar-refractivity contribution >= 4 is 6.09 Å². The van der Waals surface area contributed by atoms with Crippen molar-refractivity contribution in [2.24, 2.45) is 11.3 Å². The first-order valence-electron chi connectivity index (χ1n) is 8.20. The quantitative estimate of drug-likeness (QED) is 0.832. The number of nitrogens with one attached hydrogen (secondary N) is 2. The van der Waals surface area contributed by atoms with E-state index in [2.05, 4.69) is 38.3 Å². The van der Waals surface area contributed by atoms with Crippen LogP contribution in [0.3, 0.4) is 0 Å². The number of carbonyl (C=O) groups excluding carboxylic acids is 1. The lowest BCUT2D eigenvalue weighted by molar-refractivity contribution is 0.0520. The summed E-state index contributed by atoms with van der Waals surface area (Å²) in [5.74, 6) is 0.761. The van der Waals surface area contributed by atoms with Gasteiger partial charge in [-0.05, 0) is 58.3 Å². The van der Waals surface area contributed by atoms with Crippen LogP contribution in [-0.4, -0.2) is 30.3 Å². The highest BCUT2D eigenvalue weighted by molar-refractivity contribution is 5.67. The maximum Gasteiger partial charge on any atom is 0.407 e. The van der Waals surface area contributed by atoms with Crippen LogP contribution in [0.25, 0.3) is 0 Å². The van der Waals surface area contributed by atoms with Crippen molar-refractivity contribution in [3.63, 3.8) is 0 Å². The zero-order valence-electron chi connectivity index (χ0n) is 14.9. The van der Waals surface area contributed by atoms with Gasteiger partial charge in [-0.15, -0.1) is 0 Å². The molecule has 3 atom stereocenters. The van der Waals surface area contributed by atoms with E-state index in [0.717, 1.165) is 5.92 Å². The maximum atomic E-state index is 11.6. The predicted octanol–water partition coefficient (Wildman–Crippen LogP) is 3.70. The first kappa shape index (κ1) is 18.3. The van der Waals surface area contributed by atoms with E-state index in [0.29, 0.717) is 18.0 Å². The Morgan fingerprint density at radius 1 is 1.33 bits per heavy atom. The van der Waals surface area contributed by atoms with E-state index in [1.807, 2.05) is 20.8 Å². The molecule has 1 aliphatic carbocycles. The first-order chi connectivity index (χ1) is 9.47. The second-order valence-electron chi connectivity index (χ2n) is 8.56. The van der Waals surface area contributed by atoms with Crippen LogP contribution in [0.1, 0.15) is 67.7 Å². The Hall–Kier alpha value is -0.770. The van der Waals surface area contributed by atoms with Gasteiger partial charge in [0.05, 0.1) is 0 Å². The highest BCUT2D eigenvalue weighted by Crippen LogP contribution is 2.38. The smallest absolute Gasteiger partial charge is 0.407 e. The van der Waals surface area contributed by atoms with E-state index in [4.69, 9.17) is 4.74 Å². The summed E-state index contributed by atoms with van der Waals surface area (Å²) in [6.07, 6.45) is 3.39. The number of hydrogen-bond donors (Lipinski definition) is 2. The molecule has 0 bridgehead atoms.